The second-order valence-electron chi connectivity index (χ2n) is 10.0. The Labute approximate surface area is 180 Å². The number of fused-ring (bicyclic) bond motifs is 5. The summed E-state index contributed by atoms with van der Waals surface area (Å²) in [5.41, 5.74) is -1.18. The van der Waals surface area contributed by atoms with E-state index in [9.17, 15) is 14.4 Å². The maximum absolute atomic E-state index is 15.3. The molecule has 29 heavy (non-hydrogen) atoms. The molecule has 0 bridgehead atoms. The van der Waals surface area contributed by atoms with E-state index in [0.717, 1.165) is 19.3 Å². The van der Waals surface area contributed by atoms with Crippen molar-refractivity contribution < 1.29 is 23.5 Å². The van der Waals surface area contributed by atoms with Gasteiger partial charge in [0.25, 0.3) is 0 Å². The molecule has 7 atom stereocenters. The van der Waals surface area contributed by atoms with Crippen molar-refractivity contribution in [3.8, 4) is 0 Å². The van der Waals surface area contributed by atoms with Crippen molar-refractivity contribution in [1.29, 1.82) is 0 Å². The number of ether oxygens (including phenoxy) is 1. The molecule has 0 radical (unpaired) electrons. The van der Waals surface area contributed by atoms with E-state index in [0.29, 0.717) is 37.2 Å². The van der Waals surface area contributed by atoms with Crippen molar-refractivity contribution >= 4 is 33.5 Å². The molecule has 0 aliphatic heterocycles. The lowest BCUT2D eigenvalue weighted by Crippen LogP contribution is -2.59. The molecule has 3 saturated carbocycles. The van der Waals surface area contributed by atoms with Crippen LogP contribution < -0.4 is 0 Å². The standard InChI is InChI=1S/C23H30BrFO4/c1-13(26)23(29-20(28)12-24)9-6-17-15-11-19(25)18-10-14(27)4-7-21(18,2)16(15)5-8-22(17,23)3/h10,15-17,19H,4-9,11-12H2,1-3H3/t15-,16+,17+,19?,21-,22+,23+/m1/s1. The smallest absolute Gasteiger partial charge is 0.317 e. The fourth-order valence-corrected chi connectivity index (χ4v) is 7.71. The zero-order valence-corrected chi connectivity index (χ0v) is 19.0. The summed E-state index contributed by atoms with van der Waals surface area (Å²) in [6.07, 6.45) is 5.00. The molecule has 1 unspecified atom stereocenters. The normalized spacial score (nSPS) is 46.2. The minimum Gasteiger partial charge on any atom is -0.450 e. The summed E-state index contributed by atoms with van der Waals surface area (Å²) in [5, 5.41) is 0.0572. The SMILES string of the molecule is CC(=O)[C@@]1(OC(=O)CBr)CC[C@H]2[C@@H]3CC(F)C4=CC(=O)CC[C@]4(C)[C@H]3CC[C@@]21C. The van der Waals surface area contributed by atoms with Crippen molar-refractivity contribution in [1.82, 2.24) is 0 Å². The average molecular weight is 469 g/mol. The van der Waals surface area contributed by atoms with Crippen molar-refractivity contribution in [2.45, 2.75) is 77.5 Å². The molecular weight excluding hydrogens is 439 g/mol. The number of hydrogen-bond acceptors (Lipinski definition) is 4. The van der Waals surface area contributed by atoms with Crippen LogP contribution >= 0.6 is 15.9 Å². The van der Waals surface area contributed by atoms with E-state index in [1.54, 1.807) is 6.08 Å². The minimum atomic E-state index is -1.11. The second-order valence-corrected chi connectivity index (χ2v) is 10.6. The maximum atomic E-state index is 15.3. The van der Waals surface area contributed by atoms with Crippen LogP contribution in [0.4, 0.5) is 4.39 Å². The third kappa shape index (κ3) is 2.84. The molecule has 4 rings (SSSR count). The molecule has 0 saturated heterocycles. The van der Waals surface area contributed by atoms with Crippen molar-refractivity contribution in [3.63, 3.8) is 0 Å². The van der Waals surface area contributed by atoms with Gasteiger partial charge < -0.3 is 4.74 Å². The molecule has 4 nitrogen and oxygen atoms in total. The number of allylic oxidation sites excluding steroid dienone is 1. The van der Waals surface area contributed by atoms with Gasteiger partial charge in [0.2, 0.25) is 0 Å². The molecule has 4 aliphatic rings. The predicted octanol–water partition coefficient (Wildman–Crippen LogP) is 4.73. The van der Waals surface area contributed by atoms with Crippen LogP contribution in [0.3, 0.4) is 0 Å². The minimum absolute atomic E-state index is 0.0392. The number of halogens is 2. The molecule has 0 aromatic carbocycles. The highest BCUT2D eigenvalue weighted by Crippen LogP contribution is 2.68. The Bertz CT molecular complexity index is 794. The highest BCUT2D eigenvalue weighted by Gasteiger charge is 2.68. The van der Waals surface area contributed by atoms with Crippen LogP contribution in [0.15, 0.2) is 11.6 Å². The van der Waals surface area contributed by atoms with E-state index in [1.165, 1.54) is 6.92 Å². The summed E-state index contributed by atoms with van der Waals surface area (Å²) in [5.74, 6) is 0.113. The predicted molar refractivity (Wildman–Crippen MR) is 110 cm³/mol. The zero-order chi connectivity index (χ0) is 21.2. The summed E-state index contributed by atoms with van der Waals surface area (Å²) in [4.78, 5) is 37.0. The van der Waals surface area contributed by atoms with E-state index in [2.05, 4.69) is 29.8 Å². The Balaban J connectivity index is 1.72. The first-order chi connectivity index (χ1) is 13.6. The van der Waals surface area contributed by atoms with Gasteiger partial charge in [0.15, 0.2) is 17.2 Å². The molecule has 4 aliphatic carbocycles. The van der Waals surface area contributed by atoms with Crippen LogP contribution in [0, 0.1) is 28.6 Å². The van der Waals surface area contributed by atoms with Gasteiger partial charge >= 0.3 is 5.97 Å². The maximum Gasteiger partial charge on any atom is 0.317 e. The van der Waals surface area contributed by atoms with Crippen molar-refractivity contribution in [2.24, 2.45) is 28.6 Å². The first kappa shape index (κ1) is 21.2. The van der Waals surface area contributed by atoms with Crippen LogP contribution in [-0.2, 0) is 19.1 Å². The van der Waals surface area contributed by atoms with Crippen LogP contribution in [0.5, 0.6) is 0 Å². The summed E-state index contributed by atoms with van der Waals surface area (Å²) >= 11 is 3.15. The van der Waals surface area contributed by atoms with Gasteiger partial charge in [0.1, 0.15) is 11.5 Å². The molecule has 0 aromatic rings. The summed E-state index contributed by atoms with van der Waals surface area (Å²) in [6, 6.07) is 0. The summed E-state index contributed by atoms with van der Waals surface area (Å²) in [7, 11) is 0. The molecule has 0 N–H and O–H groups in total. The fourth-order valence-electron chi connectivity index (χ4n) is 7.60. The lowest BCUT2D eigenvalue weighted by atomic mass is 9.46. The molecule has 160 valence electrons. The van der Waals surface area contributed by atoms with Gasteiger partial charge in [-0.05, 0) is 80.3 Å². The van der Waals surface area contributed by atoms with Gasteiger partial charge in [-0.3, -0.25) is 14.4 Å². The first-order valence-electron chi connectivity index (χ1n) is 10.8. The number of hydrogen-bond donors (Lipinski definition) is 0. The van der Waals surface area contributed by atoms with Gasteiger partial charge in [-0.1, -0.05) is 29.8 Å². The molecular formula is C23H30BrFO4. The van der Waals surface area contributed by atoms with Crippen LogP contribution in [0.2, 0.25) is 0 Å². The highest BCUT2D eigenvalue weighted by atomic mass is 79.9. The first-order valence-corrected chi connectivity index (χ1v) is 11.9. The monoisotopic (exact) mass is 468 g/mol. The zero-order valence-electron chi connectivity index (χ0n) is 17.4. The summed E-state index contributed by atoms with van der Waals surface area (Å²) < 4.78 is 21.2. The van der Waals surface area contributed by atoms with Crippen LogP contribution in [0.1, 0.15) is 65.7 Å². The van der Waals surface area contributed by atoms with E-state index in [-0.39, 0.29) is 34.1 Å². The molecule has 6 heteroatoms. The Morgan fingerprint density at radius 2 is 1.90 bits per heavy atom. The Morgan fingerprint density at radius 3 is 2.55 bits per heavy atom. The van der Waals surface area contributed by atoms with E-state index >= 15 is 4.39 Å². The molecule has 0 amide bonds. The topological polar surface area (TPSA) is 60.4 Å². The molecule has 0 aromatic heterocycles. The molecule has 3 fully saturated rings. The largest absolute Gasteiger partial charge is 0.450 e. The van der Waals surface area contributed by atoms with Gasteiger partial charge in [0, 0.05) is 11.8 Å². The van der Waals surface area contributed by atoms with Gasteiger partial charge in [-0.15, -0.1) is 0 Å². The number of Topliss-reactive ketones (excluding diaryl/α,β-unsaturated/α-hetero) is 1. The highest BCUT2D eigenvalue weighted by molar-refractivity contribution is 9.09. The molecule has 0 heterocycles. The summed E-state index contributed by atoms with van der Waals surface area (Å²) in [6.45, 7) is 5.74. The van der Waals surface area contributed by atoms with Gasteiger partial charge in [0.05, 0.1) is 0 Å². The fraction of sp³-hybridized carbons (Fsp3) is 0.783. The Morgan fingerprint density at radius 1 is 1.21 bits per heavy atom. The number of rotatable bonds is 3. The van der Waals surface area contributed by atoms with E-state index in [4.69, 9.17) is 4.74 Å². The molecule has 0 spiro atoms. The van der Waals surface area contributed by atoms with E-state index in [1.807, 2.05) is 0 Å². The number of ketones is 2. The lowest BCUT2D eigenvalue weighted by molar-refractivity contribution is -0.187. The van der Waals surface area contributed by atoms with Crippen molar-refractivity contribution in [2.75, 3.05) is 5.33 Å². The third-order valence-electron chi connectivity index (χ3n) is 9.02. The number of carbonyl (C=O) groups is 3. The van der Waals surface area contributed by atoms with Crippen LogP contribution in [0.25, 0.3) is 0 Å². The second kappa shape index (κ2) is 7.00. The number of alkyl halides is 2. The Kier molecular flexibility index (Phi) is 5.12. The number of carbonyl (C=O) groups excluding carboxylic acids is 3. The Hall–Kier alpha value is -1.04. The van der Waals surface area contributed by atoms with E-state index < -0.39 is 23.2 Å². The van der Waals surface area contributed by atoms with Gasteiger partial charge in [-0.25, -0.2) is 4.39 Å². The quantitative estimate of drug-likeness (QED) is 0.443. The third-order valence-corrected chi connectivity index (χ3v) is 9.48. The van der Waals surface area contributed by atoms with Crippen molar-refractivity contribution in [3.05, 3.63) is 11.6 Å². The lowest BCUT2D eigenvalue weighted by Gasteiger charge is -2.59. The number of esters is 1. The van der Waals surface area contributed by atoms with Gasteiger partial charge in [-0.2, -0.15) is 0 Å². The van der Waals surface area contributed by atoms with Crippen LogP contribution in [-0.4, -0.2) is 34.6 Å². The average Bonchev–Trinajstić information content (AvgIpc) is 2.97.